The molecule has 2 bridgehead atoms. The van der Waals surface area contributed by atoms with Gasteiger partial charge in [-0.1, -0.05) is 6.42 Å². The summed E-state index contributed by atoms with van der Waals surface area (Å²) in [4.78, 5) is 23.7. The third-order valence-corrected chi connectivity index (χ3v) is 4.75. The predicted octanol–water partition coefficient (Wildman–Crippen LogP) is 2.41. The maximum atomic E-state index is 12.8. The van der Waals surface area contributed by atoms with Crippen LogP contribution in [0.3, 0.4) is 0 Å². The molecule has 112 valence electrons. The molecule has 0 aliphatic heterocycles. The molecule has 3 atom stereocenters. The molecular weight excluding hydrogens is 271 g/mol. The van der Waals surface area contributed by atoms with E-state index in [1.165, 1.54) is 43.5 Å². The zero-order valence-electron chi connectivity index (χ0n) is 11.8. The molecule has 0 radical (unpaired) electrons. The molecule has 2 saturated carbocycles. The maximum absolute atomic E-state index is 12.8. The van der Waals surface area contributed by atoms with Gasteiger partial charge in [-0.25, -0.2) is 4.39 Å². The number of halogens is 1. The minimum Gasteiger partial charge on any atom is -0.273 e. The Hall–Kier alpha value is -1.91. The number of hydrazine groups is 1. The highest BCUT2D eigenvalue weighted by molar-refractivity contribution is 5.95. The first-order chi connectivity index (χ1) is 10.1. The Morgan fingerprint density at radius 1 is 1.10 bits per heavy atom. The van der Waals surface area contributed by atoms with Gasteiger partial charge in [0, 0.05) is 12.0 Å². The highest BCUT2D eigenvalue weighted by Gasteiger charge is 2.40. The van der Waals surface area contributed by atoms with E-state index in [1.54, 1.807) is 0 Å². The van der Waals surface area contributed by atoms with Gasteiger partial charge in [-0.3, -0.25) is 20.4 Å². The molecule has 1 aromatic carbocycles. The van der Waals surface area contributed by atoms with Crippen LogP contribution in [0.5, 0.6) is 0 Å². The van der Waals surface area contributed by atoms with E-state index in [-0.39, 0.29) is 5.91 Å². The number of nitrogens with one attached hydrogen (secondary N) is 2. The third-order valence-electron chi connectivity index (χ3n) is 4.75. The van der Waals surface area contributed by atoms with Crippen LogP contribution in [-0.4, -0.2) is 11.8 Å². The molecule has 2 aliphatic rings. The summed E-state index contributed by atoms with van der Waals surface area (Å²) < 4.78 is 12.8. The minimum absolute atomic E-state index is 0.150. The van der Waals surface area contributed by atoms with Gasteiger partial charge in [-0.2, -0.15) is 0 Å². The van der Waals surface area contributed by atoms with Crippen molar-refractivity contribution >= 4 is 11.8 Å². The SMILES string of the molecule is O=C(C[C@@H]1C[C@@H]2CC[C@@H]1C2)NNC(=O)c1ccc(F)cc1. The molecule has 5 heteroatoms. The van der Waals surface area contributed by atoms with Gasteiger partial charge in [-0.05, 0) is 61.3 Å². The van der Waals surface area contributed by atoms with Gasteiger partial charge >= 0.3 is 0 Å². The normalized spacial score (nSPS) is 26.6. The molecular formula is C16H19FN2O2. The van der Waals surface area contributed by atoms with Crippen molar-refractivity contribution < 1.29 is 14.0 Å². The second-order valence-electron chi connectivity index (χ2n) is 6.15. The standard InChI is InChI=1S/C16H19FN2O2/c17-14-5-3-11(4-6-14)16(21)19-18-15(20)9-13-8-10-1-2-12(13)7-10/h3-6,10,12-13H,1-2,7-9H2,(H,18,20)(H,19,21)/t10-,12-,13+/m1/s1. The predicted molar refractivity (Wildman–Crippen MR) is 75.6 cm³/mol. The molecule has 0 unspecified atom stereocenters. The van der Waals surface area contributed by atoms with Crippen LogP contribution < -0.4 is 10.9 Å². The Kier molecular flexibility index (Phi) is 3.90. The van der Waals surface area contributed by atoms with Crippen LogP contribution in [0.15, 0.2) is 24.3 Å². The largest absolute Gasteiger partial charge is 0.273 e. The Bertz CT molecular complexity index is 544. The number of carbonyl (C=O) groups is 2. The summed E-state index contributed by atoms with van der Waals surface area (Å²) in [6, 6.07) is 5.19. The molecule has 0 spiro atoms. The Morgan fingerprint density at radius 2 is 1.86 bits per heavy atom. The lowest BCUT2D eigenvalue weighted by Gasteiger charge is -2.20. The van der Waals surface area contributed by atoms with Crippen molar-refractivity contribution in [3.63, 3.8) is 0 Å². The van der Waals surface area contributed by atoms with Crippen LogP contribution in [-0.2, 0) is 4.79 Å². The van der Waals surface area contributed by atoms with Crippen LogP contribution in [0.2, 0.25) is 0 Å². The number of amides is 2. The summed E-state index contributed by atoms with van der Waals surface area (Å²) in [5.74, 6) is 0.979. The third kappa shape index (κ3) is 3.23. The molecule has 2 fully saturated rings. The van der Waals surface area contributed by atoms with E-state index in [4.69, 9.17) is 0 Å². The van der Waals surface area contributed by atoms with Crippen molar-refractivity contribution in [3.8, 4) is 0 Å². The van der Waals surface area contributed by atoms with E-state index in [1.807, 2.05) is 0 Å². The number of benzene rings is 1. The number of fused-ring (bicyclic) bond motifs is 2. The van der Waals surface area contributed by atoms with Crippen LogP contribution in [0.1, 0.15) is 42.5 Å². The van der Waals surface area contributed by atoms with Gasteiger partial charge in [0.15, 0.2) is 0 Å². The van der Waals surface area contributed by atoms with Crippen LogP contribution in [0.25, 0.3) is 0 Å². The second-order valence-corrected chi connectivity index (χ2v) is 6.15. The average Bonchev–Trinajstić information content (AvgIpc) is 3.08. The van der Waals surface area contributed by atoms with Crippen LogP contribution >= 0.6 is 0 Å². The molecule has 3 rings (SSSR count). The molecule has 0 saturated heterocycles. The highest BCUT2D eigenvalue weighted by Crippen LogP contribution is 2.49. The lowest BCUT2D eigenvalue weighted by molar-refractivity contribution is -0.123. The van der Waals surface area contributed by atoms with E-state index in [0.29, 0.717) is 23.8 Å². The fourth-order valence-electron chi connectivity index (χ4n) is 3.72. The van der Waals surface area contributed by atoms with Crippen molar-refractivity contribution in [2.24, 2.45) is 17.8 Å². The zero-order valence-corrected chi connectivity index (χ0v) is 11.8. The maximum Gasteiger partial charge on any atom is 0.269 e. The van der Waals surface area contributed by atoms with Gasteiger partial charge < -0.3 is 0 Å². The van der Waals surface area contributed by atoms with Crippen molar-refractivity contribution in [2.45, 2.75) is 32.1 Å². The van der Waals surface area contributed by atoms with Gasteiger partial charge in [0.25, 0.3) is 5.91 Å². The van der Waals surface area contributed by atoms with Crippen molar-refractivity contribution in [3.05, 3.63) is 35.6 Å². The van der Waals surface area contributed by atoms with Gasteiger partial charge in [0.2, 0.25) is 5.91 Å². The first kappa shape index (κ1) is 14.0. The summed E-state index contributed by atoms with van der Waals surface area (Å²) in [5.41, 5.74) is 5.14. The quantitative estimate of drug-likeness (QED) is 0.840. The van der Waals surface area contributed by atoms with Crippen molar-refractivity contribution in [1.82, 2.24) is 10.9 Å². The number of hydrogen-bond donors (Lipinski definition) is 2. The number of carbonyl (C=O) groups excluding carboxylic acids is 2. The summed E-state index contributed by atoms with van der Waals surface area (Å²) in [7, 11) is 0. The zero-order chi connectivity index (χ0) is 14.8. The lowest BCUT2D eigenvalue weighted by atomic mass is 9.86. The van der Waals surface area contributed by atoms with Gasteiger partial charge in [0.1, 0.15) is 5.82 Å². The molecule has 0 heterocycles. The van der Waals surface area contributed by atoms with E-state index in [2.05, 4.69) is 10.9 Å². The van der Waals surface area contributed by atoms with Crippen molar-refractivity contribution in [1.29, 1.82) is 0 Å². The average molecular weight is 290 g/mol. The number of rotatable bonds is 3. The van der Waals surface area contributed by atoms with E-state index < -0.39 is 11.7 Å². The monoisotopic (exact) mass is 290 g/mol. The van der Waals surface area contributed by atoms with Crippen molar-refractivity contribution in [2.75, 3.05) is 0 Å². The fourth-order valence-corrected chi connectivity index (χ4v) is 3.72. The van der Waals surface area contributed by atoms with E-state index >= 15 is 0 Å². The second kappa shape index (κ2) is 5.84. The molecule has 0 aromatic heterocycles. The van der Waals surface area contributed by atoms with E-state index in [0.717, 1.165) is 12.3 Å². The molecule has 2 aliphatic carbocycles. The molecule has 2 amide bonds. The first-order valence-corrected chi connectivity index (χ1v) is 7.46. The highest BCUT2D eigenvalue weighted by atomic mass is 19.1. The summed E-state index contributed by atoms with van der Waals surface area (Å²) in [5, 5.41) is 0. The Balaban J connectivity index is 1.45. The Labute approximate surface area is 123 Å². The van der Waals surface area contributed by atoms with E-state index in [9.17, 15) is 14.0 Å². The lowest BCUT2D eigenvalue weighted by Crippen LogP contribution is -2.42. The van der Waals surface area contributed by atoms with Crippen LogP contribution in [0, 0.1) is 23.6 Å². The summed E-state index contributed by atoms with van der Waals surface area (Å²) in [6.45, 7) is 0. The first-order valence-electron chi connectivity index (χ1n) is 7.46. The van der Waals surface area contributed by atoms with Gasteiger partial charge in [-0.15, -0.1) is 0 Å². The smallest absolute Gasteiger partial charge is 0.269 e. The topological polar surface area (TPSA) is 58.2 Å². The molecule has 4 nitrogen and oxygen atoms in total. The summed E-state index contributed by atoms with van der Waals surface area (Å²) in [6.07, 6.45) is 5.43. The van der Waals surface area contributed by atoms with Gasteiger partial charge in [0.05, 0.1) is 0 Å². The Morgan fingerprint density at radius 3 is 2.48 bits per heavy atom. The minimum atomic E-state index is -0.434. The molecule has 1 aromatic rings. The number of hydrogen-bond acceptors (Lipinski definition) is 2. The molecule has 21 heavy (non-hydrogen) atoms. The molecule has 2 N–H and O–H groups in total. The summed E-state index contributed by atoms with van der Waals surface area (Å²) >= 11 is 0. The van der Waals surface area contributed by atoms with Crippen LogP contribution in [0.4, 0.5) is 4.39 Å². The fraction of sp³-hybridized carbons (Fsp3) is 0.500.